The SMILES string of the molecule is c1cc(-c2cccc(N(c3cccc(-c4ccc5sc6ccccc6c5c4)c3)c3cccc(-c4cccc5ccccc45)c3)c2)cc(-c2cccc3c2sc2ccccc23)c1. The fourth-order valence-electron chi connectivity index (χ4n) is 9.13. The van der Waals surface area contributed by atoms with Gasteiger partial charge in [-0.1, -0.05) is 158 Å². The van der Waals surface area contributed by atoms with Gasteiger partial charge in [-0.3, -0.25) is 0 Å². The predicted octanol–water partition coefficient (Wildman–Crippen LogP) is 17.7. The van der Waals surface area contributed by atoms with Crippen LogP contribution in [0.15, 0.2) is 224 Å². The number of benzene rings is 10. The lowest BCUT2D eigenvalue weighted by molar-refractivity contribution is 1.28. The molecule has 10 aromatic carbocycles. The minimum absolute atomic E-state index is 1.10. The number of anilines is 3. The van der Waals surface area contributed by atoms with E-state index in [1.54, 1.807) is 0 Å². The number of nitrogens with zero attached hydrogens (tertiary/aromatic N) is 1. The van der Waals surface area contributed by atoms with E-state index in [4.69, 9.17) is 0 Å². The average Bonchev–Trinajstić information content (AvgIpc) is 3.90. The monoisotopic (exact) mass is 811 g/mol. The molecule has 2 aromatic heterocycles. The first-order chi connectivity index (χ1) is 30.2. The second-order valence-corrected chi connectivity index (χ2v) is 17.8. The van der Waals surface area contributed by atoms with E-state index in [1.807, 2.05) is 22.7 Å². The van der Waals surface area contributed by atoms with E-state index in [0.717, 1.165) is 17.1 Å². The van der Waals surface area contributed by atoms with E-state index in [9.17, 15) is 0 Å². The van der Waals surface area contributed by atoms with Crippen LogP contribution in [0.3, 0.4) is 0 Å². The Hall–Kier alpha value is -7.30. The fourth-order valence-corrected chi connectivity index (χ4v) is 11.5. The highest BCUT2D eigenvalue weighted by Gasteiger charge is 2.18. The summed E-state index contributed by atoms with van der Waals surface area (Å²) in [6.45, 7) is 0. The van der Waals surface area contributed by atoms with Crippen LogP contribution in [0.25, 0.3) is 95.6 Å². The highest BCUT2D eigenvalue weighted by atomic mass is 32.1. The third kappa shape index (κ3) is 6.29. The van der Waals surface area contributed by atoms with Crippen molar-refractivity contribution in [2.45, 2.75) is 0 Å². The van der Waals surface area contributed by atoms with Crippen LogP contribution in [-0.2, 0) is 0 Å². The molecule has 0 amide bonds. The Morgan fingerprint density at radius 3 is 1.46 bits per heavy atom. The normalized spacial score (nSPS) is 11.6. The van der Waals surface area contributed by atoms with Crippen molar-refractivity contribution in [2.24, 2.45) is 0 Å². The summed E-state index contributed by atoms with van der Waals surface area (Å²) in [6, 6.07) is 82.5. The van der Waals surface area contributed by atoms with Gasteiger partial charge < -0.3 is 4.90 Å². The van der Waals surface area contributed by atoms with E-state index in [1.165, 1.54) is 95.6 Å². The molecule has 0 unspecified atom stereocenters. The minimum atomic E-state index is 1.10. The number of hydrogen-bond donors (Lipinski definition) is 0. The van der Waals surface area contributed by atoms with Crippen LogP contribution in [0.1, 0.15) is 0 Å². The van der Waals surface area contributed by atoms with Gasteiger partial charge in [0.05, 0.1) is 0 Å². The van der Waals surface area contributed by atoms with Gasteiger partial charge in [-0.25, -0.2) is 0 Å². The van der Waals surface area contributed by atoms with Crippen LogP contribution < -0.4 is 4.90 Å². The predicted molar refractivity (Wildman–Crippen MR) is 266 cm³/mol. The molecule has 0 aliphatic heterocycles. The molecule has 0 N–H and O–H groups in total. The van der Waals surface area contributed by atoms with Crippen molar-refractivity contribution in [3.05, 3.63) is 224 Å². The summed E-state index contributed by atoms with van der Waals surface area (Å²) in [5, 5.41) is 7.75. The molecule has 3 heteroatoms. The molecule has 61 heavy (non-hydrogen) atoms. The van der Waals surface area contributed by atoms with E-state index in [2.05, 4.69) is 229 Å². The Kier molecular flexibility index (Phi) is 8.62. The van der Waals surface area contributed by atoms with Gasteiger partial charge in [0.1, 0.15) is 0 Å². The molecular formula is C58H37NS2. The van der Waals surface area contributed by atoms with Gasteiger partial charge in [0, 0.05) is 57.4 Å². The van der Waals surface area contributed by atoms with Gasteiger partial charge in [-0.15, -0.1) is 22.7 Å². The molecule has 0 atom stereocenters. The zero-order chi connectivity index (χ0) is 40.3. The summed E-state index contributed by atoms with van der Waals surface area (Å²) in [6.07, 6.45) is 0. The van der Waals surface area contributed by atoms with Crippen LogP contribution in [0, 0.1) is 0 Å². The summed E-state index contributed by atoms with van der Waals surface area (Å²) >= 11 is 3.74. The average molecular weight is 812 g/mol. The Morgan fingerprint density at radius 1 is 0.262 bits per heavy atom. The second-order valence-electron chi connectivity index (χ2n) is 15.7. The molecule has 12 rings (SSSR count). The van der Waals surface area contributed by atoms with Crippen molar-refractivity contribution in [3.63, 3.8) is 0 Å². The molecule has 2 heterocycles. The molecule has 1 nitrogen and oxygen atoms in total. The van der Waals surface area contributed by atoms with E-state index < -0.39 is 0 Å². The maximum Gasteiger partial charge on any atom is 0.0467 e. The van der Waals surface area contributed by atoms with E-state index >= 15 is 0 Å². The Morgan fingerprint density at radius 2 is 0.721 bits per heavy atom. The third-order valence-electron chi connectivity index (χ3n) is 12.0. The second kappa shape index (κ2) is 14.8. The fraction of sp³-hybridized carbons (Fsp3) is 0. The quantitative estimate of drug-likeness (QED) is 0.155. The van der Waals surface area contributed by atoms with E-state index in [0.29, 0.717) is 0 Å². The molecule has 0 radical (unpaired) electrons. The van der Waals surface area contributed by atoms with Gasteiger partial charge in [0.15, 0.2) is 0 Å². The first-order valence-electron chi connectivity index (χ1n) is 20.7. The summed E-state index contributed by atoms with van der Waals surface area (Å²) < 4.78 is 5.29. The van der Waals surface area contributed by atoms with Crippen molar-refractivity contribution in [3.8, 4) is 44.5 Å². The summed E-state index contributed by atoms with van der Waals surface area (Å²) in [4.78, 5) is 2.42. The summed E-state index contributed by atoms with van der Waals surface area (Å²) in [5.74, 6) is 0. The van der Waals surface area contributed by atoms with Gasteiger partial charge >= 0.3 is 0 Å². The zero-order valence-electron chi connectivity index (χ0n) is 33.1. The number of fused-ring (bicyclic) bond motifs is 7. The van der Waals surface area contributed by atoms with Gasteiger partial charge in [-0.2, -0.15) is 0 Å². The summed E-state index contributed by atoms with van der Waals surface area (Å²) in [5.41, 5.74) is 13.0. The molecule has 0 aliphatic rings. The Balaban J connectivity index is 0.994. The van der Waals surface area contributed by atoms with Crippen molar-refractivity contribution in [1.82, 2.24) is 0 Å². The standard InChI is InChI=1S/C58H37NS2/c1-2-23-48-38(13-1)14-11-26-49(48)44-19-10-22-47(36-44)59(46-21-9-17-41(35-46)42-31-32-57-54(37-42)52-25-4-5-29-55(52)60-57)45-20-8-16-40(34-45)39-15-7-18-43(33-39)50-27-12-28-53-51-24-3-6-30-56(51)61-58(50)53/h1-37H. The number of hydrogen-bond acceptors (Lipinski definition) is 3. The van der Waals surface area contributed by atoms with Crippen molar-refractivity contribution < 1.29 is 0 Å². The highest BCUT2D eigenvalue weighted by Crippen LogP contribution is 2.44. The van der Waals surface area contributed by atoms with Gasteiger partial charge in [-0.05, 0) is 122 Å². The zero-order valence-corrected chi connectivity index (χ0v) is 34.8. The van der Waals surface area contributed by atoms with Crippen molar-refractivity contribution in [1.29, 1.82) is 0 Å². The Bertz CT molecular complexity index is 3620. The largest absolute Gasteiger partial charge is 0.310 e. The molecule has 0 aliphatic carbocycles. The lowest BCUT2D eigenvalue weighted by atomic mass is 9.96. The van der Waals surface area contributed by atoms with Crippen molar-refractivity contribution >= 4 is 90.9 Å². The molecule has 0 bridgehead atoms. The lowest BCUT2D eigenvalue weighted by Crippen LogP contribution is -2.10. The maximum absolute atomic E-state index is 2.42. The van der Waals surface area contributed by atoms with Gasteiger partial charge in [0.25, 0.3) is 0 Å². The van der Waals surface area contributed by atoms with Crippen LogP contribution in [-0.4, -0.2) is 0 Å². The van der Waals surface area contributed by atoms with Crippen LogP contribution >= 0.6 is 22.7 Å². The molecule has 0 saturated carbocycles. The first kappa shape index (κ1) is 35.6. The molecule has 0 spiro atoms. The first-order valence-corrected chi connectivity index (χ1v) is 22.4. The smallest absolute Gasteiger partial charge is 0.0467 e. The van der Waals surface area contributed by atoms with Crippen LogP contribution in [0.2, 0.25) is 0 Å². The van der Waals surface area contributed by atoms with Gasteiger partial charge in [0.2, 0.25) is 0 Å². The number of rotatable bonds is 7. The molecule has 0 fully saturated rings. The summed E-state index contributed by atoms with van der Waals surface area (Å²) in [7, 11) is 0. The molecule has 286 valence electrons. The third-order valence-corrected chi connectivity index (χ3v) is 14.4. The van der Waals surface area contributed by atoms with Crippen LogP contribution in [0.5, 0.6) is 0 Å². The maximum atomic E-state index is 2.42. The van der Waals surface area contributed by atoms with Crippen molar-refractivity contribution in [2.75, 3.05) is 4.90 Å². The topological polar surface area (TPSA) is 3.24 Å². The lowest BCUT2D eigenvalue weighted by Gasteiger charge is -2.27. The molecule has 12 aromatic rings. The van der Waals surface area contributed by atoms with E-state index in [-0.39, 0.29) is 0 Å². The molecular weight excluding hydrogens is 775 g/mol. The minimum Gasteiger partial charge on any atom is -0.310 e. The van der Waals surface area contributed by atoms with Crippen LogP contribution in [0.4, 0.5) is 17.1 Å². The molecule has 0 saturated heterocycles. The highest BCUT2D eigenvalue weighted by molar-refractivity contribution is 7.26. The number of thiophene rings is 2. The Labute approximate surface area is 362 Å².